The lowest BCUT2D eigenvalue weighted by Crippen LogP contribution is -2.37. The lowest BCUT2D eigenvalue weighted by atomic mass is 10.2. The topological polar surface area (TPSA) is 118 Å². The minimum atomic E-state index is -0.336. The molecule has 1 aromatic carbocycles. The molecule has 0 unspecified atom stereocenters. The Bertz CT molecular complexity index is 831. The summed E-state index contributed by atoms with van der Waals surface area (Å²) in [6.07, 6.45) is 3.58. The summed E-state index contributed by atoms with van der Waals surface area (Å²) in [5, 5.41) is 16.4. The summed E-state index contributed by atoms with van der Waals surface area (Å²) in [5.41, 5.74) is 1.00. The number of aryl methyl sites for hydroxylation is 1. The van der Waals surface area contributed by atoms with Gasteiger partial charge in [0.05, 0.1) is 12.3 Å². The van der Waals surface area contributed by atoms with Gasteiger partial charge in [0.25, 0.3) is 5.91 Å². The van der Waals surface area contributed by atoms with Crippen LogP contribution in [0.25, 0.3) is 0 Å². The maximum Gasteiger partial charge on any atom is 0.251 e. The van der Waals surface area contributed by atoms with Crippen LogP contribution in [0.15, 0.2) is 35.7 Å². The summed E-state index contributed by atoms with van der Waals surface area (Å²) in [5.74, 6) is -0.506. The highest BCUT2D eigenvalue weighted by Crippen LogP contribution is 2.18. The van der Waals surface area contributed by atoms with Crippen LogP contribution in [0.1, 0.15) is 23.2 Å². The van der Waals surface area contributed by atoms with Crippen molar-refractivity contribution in [3.8, 4) is 0 Å². The first-order valence-electron chi connectivity index (χ1n) is 8.45. The van der Waals surface area contributed by atoms with Crippen LogP contribution in [0.3, 0.4) is 0 Å². The molecule has 142 valence electrons. The SMILES string of the molecule is Cn1cnnc1SCC(=O)Nc1ccc(C(=O)NCC(=O)NC2CC2)cc1. The molecule has 0 radical (unpaired) electrons. The van der Waals surface area contributed by atoms with E-state index in [2.05, 4.69) is 26.1 Å². The standard InChI is InChI=1S/C17H20N6O3S/c1-23-10-19-22-17(23)27-9-15(25)21-12-4-2-11(3-5-12)16(26)18-8-14(24)20-13-6-7-13/h2-5,10,13H,6-9H2,1H3,(H,18,26)(H,20,24)(H,21,25). The van der Waals surface area contributed by atoms with Gasteiger partial charge in [-0.25, -0.2) is 0 Å². The predicted molar refractivity (Wildman–Crippen MR) is 100 cm³/mol. The first-order valence-corrected chi connectivity index (χ1v) is 9.44. The van der Waals surface area contributed by atoms with Crippen molar-refractivity contribution in [3.63, 3.8) is 0 Å². The molecule has 27 heavy (non-hydrogen) atoms. The maximum atomic E-state index is 12.1. The highest BCUT2D eigenvalue weighted by molar-refractivity contribution is 7.99. The molecule has 0 atom stereocenters. The fourth-order valence-corrected chi connectivity index (χ4v) is 2.89. The van der Waals surface area contributed by atoms with Crippen LogP contribution >= 0.6 is 11.8 Å². The number of thioether (sulfide) groups is 1. The molecule has 1 aliphatic rings. The van der Waals surface area contributed by atoms with E-state index < -0.39 is 0 Å². The Morgan fingerprint density at radius 3 is 2.56 bits per heavy atom. The Hall–Kier alpha value is -2.88. The molecule has 9 nitrogen and oxygen atoms in total. The molecule has 3 amide bonds. The minimum absolute atomic E-state index is 0.0485. The smallest absolute Gasteiger partial charge is 0.251 e. The van der Waals surface area contributed by atoms with Gasteiger partial charge in [-0.3, -0.25) is 14.4 Å². The van der Waals surface area contributed by atoms with Crippen LogP contribution in [0.5, 0.6) is 0 Å². The predicted octanol–water partition coefficient (Wildman–Crippen LogP) is 0.554. The van der Waals surface area contributed by atoms with Crippen molar-refractivity contribution in [2.75, 3.05) is 17.6 Å². The monoisotopic (exact) mass is 388 g/mol. The minimum Gasteiger partial charge on any atom is -0.352 e. The number of amides is 3. The van der Waals surface area contributed by atoms with E-state index in [1.165, 1.54) is 11.8 Å². The normalized spacial score (nSPS) is 13.1. The Morgan fingerprint density at radius 2 is 1.93 bits per heavy atom. The second-order valence-corrected chi connectivity index (χ2v) is 7.11. The van der Waals surface area contributed by atoms with Crippen LogP contribution in [0.4, 0.5) is 5.69 Å². The van der Waals surface area contributed by atoms with Gasteiger partial charge in [0.1, 0.15) is 6.33 Å². The van der Waals surface area contributed by atoms with Gasteiger partial charge in [0.2, 0.25) is 11.8 Å². The van der Waals surface area contributed by atoms with E-state index in [1.807, 2.05) is 0 Å². The quantitative estimate of drug-likeness (QED) is 0.569. The summed E-state index contributed by atoms with van der Waals surface area (Å²) in [7, 11) is 1.81. The molecule has 3 N–H and O–H groups in total. The van der Waals surface area contributed by atoms with E-state index in [4.69, 9.17) is 0 Å². The average Bonchev–Trinajstić information content (AvgIpc) is 3.37. The van der Waals surface area contributed by atoms with Gasteiger partial charge in [-0.15, -0.1) is 10.2 Å². The van der Waals surface area contributed by atoms with E-state index in [9.17, 15) is 14.4 Å². The molecule has 0 bridgehead atoms. The second-order valence-electron chi connectivity index (χ2n) is 6.16. The summed E-state index contributed by atoms with van der Waals surface area (Å²) >= 11 is 1.28. The molecule has 1 heterocycles. The lowest BCUT2D eigenvalue weighted by molar-refractivity contribution is -0.120. The van der Waals surface area contributed by atoms with E-state index in [0.29, 0.717) is 16.4 Å². The van der Waals surface area contributed by atoms with Crippen molar-refractivity contribution >= 4 is 35.2 Å². The van der Waals surface area contributed by atoms with Crippen molar-refractivity contribution in [1.29, 1.82) is 0 Å². The van der Waals surface area contributed by atoms with Gasteiger partial charge >= 0.3 is 0 Å². The van der Waals surface area contributed by atoms with Crippen molar-refractivity contribution in [2.24, 2.45) is 7.05 Å². The highest BCUT2D eigenvalue weighted by atomic mass is 32.2. The molecule has 3 rings (SSSR count). The number of aromatic nitrogens is 3. The number of benzene rings is 1. The van der Waals surface area contributed by atoms with E-state index in [1.54, 1.807) is 42.2 Å². The van der Waals surface area contributed by atoms with Gasteiger partial charge < -0.3 is 20.5 Å². The molecule has 1 fully saturated rings. The van der Waals surface area contributed by atoms with E-state index in [0.717, 1.165) is 12.8 Å². The molecule has 0 saturated heterocycles. The van der Waals surface area contributed by atoms with Crippen molar-refractivity contribution in [2.45, 2.75) is 24.0 Å². The zero-order chi connectivity index (χ0) is 19.2. The van der Waals surface area contributed by atoms with Gasteiger partial charge in [0.15, 0.2) is 5.16 Å². The summed E-state index contributed by atoms with van der Waals surface area (Å²) < 4.78 is 1.73. The first kappa shape index (κ1) is 18.9. The van der Waals surface area contributed by atoms with E-state index in [-0.39, 0.29) is 36.1 Å². The van der Waals surface area contributed by atoms with Crippen LogP contribution in [0.2, 0.25) is 0 Å². The molecule has 1 aromatic heterocycles. The zero-order valence-corrected chi connectivity index (χ0v) is 15.6. The molecule has 1 aliphatic carbocycles. The number of rotatable bonds is 8. The van der Waals surface area contributed by atoms with Gasteiger partial charge in [-0.05, 0) is 37.1 Å². The Balaban J connectivity index is 1.43. The molecule has 10 heteroatoms. The third kappa shape index (κ3) is 5.81. The summed E-state index contributed by atoms with van der Waals surface area (Å²) in [6, 6.07) is 6.75. The molecular formula is C17H20N6O3S. The fourth-order valence-electron chi connectivity index (χ4n) is 2.20. The maximum absolute atomic E-state index is 12.1. The molecule has 0 aliphatic heterocycles. The van der Waals surface area contributed by atoms with Crippen molar-refractivity contribution in [1.82, 2.24) is 25.4 Å². The number of anilines is 1. The number of nitrogens with one attached hydrogen (secondary N) is 3. The first-order chi connectivity index (χ1) is 13.0. The molecule has 0 spiro atoms. The second kappa shape index (κ2) is 8.67. The van der Waals surface area contributed by atoms with Crippen LogP contribution in [-0.2, 0) is 16.6 Å². The van der Waals surface area contributed by atoms with Crippen LogP contribution in [0, 0.1) is 0 Å². The molecular weight excluding hydrogens is 368 g/mol. The van der Waals surface area contributed by atoms with Crippen LogP contribution < -0.4 is 16.0 Å². The molecule has 2 aromatic rings. The van der Waals surface area contributed by atoms with Gasteiger partial charge in [0, 0.05) is 24.3 Å². The van der Waals surface area contributed by atoms with Crippen molar-refractivity contribution < 1.29 is 14.4 Å². The average molecular weight is 388 g/mol. The number of hydrogen-bond donors (Lipinski definition) is 3. The van der Waals surface area contributed by atoms with Gasteiger partial charge in [-0.1, -0.05) is 11.8 Å². The summed E-state index contributed by atoms with van der Waals surface area (Å²) in [6.45, 7) is -0.0485. The third-order valence-corrected chi connectivity index (χ3v) is 4.82. The Morgan fingerprint density at radius 1 is 1.19 bits per heavy atom. The lowest BCUT2D eigenvalue weighted by Gasteiger charge is -2.08. The number of nitrogens with zero attached hydrogens (tertiary/aromatic N) is 3. The number of carbonyl (C=O) groups excluding carboxylic acids is 3. The largest absolute Gasteiger partial charge is 0.352 e. The van der Waals surface area contributed by atoms with Crippen molar-refractivity contribution in [3.05, 3.63) is 36.2 Å². The zero-order valence-electron chi connectivity index (χ0n) is 14.8. The summed E-state index contributed by atoms with van der Waals surface area (Å²) in [4.78, 5) is 35.6. The molecule has 1 saturated carbocycles. The highest BCUT2D eigenvalue weighted by Gasteiger charge is 2.23. The number of carbonyl (C=O) groups is 3. The number of hydrogen-bond acceptors (Lipinski definition) is 6. The Kier molecular flexibility index (Phi) is 6.07. The third-order valence-electron chi connectivity index (χ3n) is 3.79. The van der Waals surface area contributed by atoms with Gasteiger partial charge in [-0.2, -0.15) is 0 Å². The van der Waals surface area contributed by atoms with E-state index >= 15 is 0 Å². The Labute approximate surface area is 160 Å². The van der Waals surface area contributed by atoms with Crippen LogP contribution in [-0.4, -0.2) is 50.8 Å². The fraction of sp³-hybridized carbons (Fsp3) is 0.353.